The first-order valence-electron chi connectivity index (χ1n) is 8.56. The van der Waals surface area contributed by atoms with Gasteiger partial charge in [0.25, 0.3) is 0 Å². The van der Waals surface area contributed by atoms with Crippen LogP contribution in [-0.4, -0.2) is 15.0 Å². The summed E-state index contributed by atoms with van der Waals surface area (Å²) >= 11 is 0. The van der Waals surface area contributed by atoms with Crippen molar-refractivity contribution in [3.05, 3.63) is 83.9 Å². The van der Waals surface area contributed by atoms with Gasteiger partial charge in [-0.1, -0.05) is 55.5 Å². The molecule has 4 aromatic rings. The number of anilines is 1. The van der Waals surface area contributed by atoms with Crippen molar-refractivity contribution >= 4 is 16.7 Å². The number of aryl methyl sites for hydroxylation is 1. The molecule has 4 nitrogen and oxygen atoms in total. The van der Waals surface area contributed by atoms with Crippen molar-refractivity contribution in [2.45, 2.75) is 19.9 Å². The van der Waals surface area contributed by atoms with Gasteiger partial charge in [0.05, 0.1) is 5.69 Å². The van der Waals surface area contributed by atoms with Crippen LogP contribution in [0.4, 0.5) is 5.69 Å². The number of hydrogen-bond donors (Lipinski definition) is 1. The van der Waals surface area contributed by atoms with E-state index in [9.17, 15) is 0 Å². The summed E-state index contributed by atoms with van der Waals surface area (Å²) in [5.41, 5.74) is 6.34. The summed E-state index contributed by atoms with van der Waals surface area (Å²) in [6, 6.07) is 24.7. The van der Waals surface area contributed by atoms with Crippen LogP contribution in [0.25, 0.3) is 16.7 Å². The second-order valence-corrected chi connectivity index (χ2v) is 6.02. The van der Waals surface area contributed by atoms with Crippen molar-refractivity contribution in [3.63, 3.8) is 0 Å². The molecule has 0 unspecified atom stereocenters. The van der Waals surface area contributed by atoms with Crippen LogP contribution in [0.2, 0.25) is 0 Å². The van der Waals surface area contributed by atoms with Gasteiger partial charge in [0.15, 0.2) is 0 Å². The van der Waals surface area contributed by atoms with Crippen molar-refractivity contribution in [2.75, 3.05) is 5.32 Å². The zero-order valence-electron chi connectivity index (χ0n) is 14.2. The Morgan fingerprint density at radius 3 is 2.16 bits per heavy atom. The van der Waals surface area contributed by atoms with E-state index < -0.39 is 0 Å². The molecule has 1 N–H and O–H groups in total. The Hall–Kier alpha value is -3.14. The molecule has 0 fully saturated rings. The Labute approximate surface area is 147 Å². The van der Waals surface area contributed by atoms with E-state index in [1.807, 2.05) is 30.3 Å². The van der Waals surface area contributed by atoms with E-state index in [1.54, 1.807) is 4.80 Å². The molecular weight excluding hydrogens is 308 g/mol. The zero-order chi connectivity index (χ0) is 17.1. The van der Waals surface area contributed by atoms with E-state index in [-0.39, 0.29) is 0 Å². The molecule has 0 aliphatic rings. The molecule has 4 heteroatoms. The van der Waals surface area contributed by atoms with Crippen molar-refractivity contribution in [3.8, 4) is 5.69 Å². The second-order valence-electron chi connectivity index (χ2n) is 6.02. The summed E-state index contributed by atoms with van der Waals surface area (Å²) in [4.78, 5) is 1.72. The van der Waals surface area contributed by atoms with Gasteiger partial charge in [-0.05, 0) is 41.8 Å². The summed E-state index contributed by atoms with van der Waals surface area (Å²) < 4.78 is 0. The molecule has 0 atom stereocenters. The summed E-state index contributed by atoms with van der Waals surface area (Å²) in [6.45, 7) is 2.93. The van der Waals surface area contributed by atoms with Crippen LogP contribution >= 0.6 is 0 Å². The molecule has 0 aliphatic heterocycles. The summed E-state index contributed by atoms with van der Waals surface area (Å²) in [7, 11) is 0. The van der Waals surface area contributed by atoms with E-state index in [0.29, 0.717) is 0 Å². The minimum absolute atomic E-state index is 0.766. The fourth-order valence-electron chi connectivity index (χ4n) is 2.88. The topological polar surface area (TPSA) is 42.7 Å². The maximum absolute atomic E-state index is 4.62. The van der Waals surface area contributed by atoms with Crippen LogP contribution in [-0.2, 0) is 13.0 Å². The van der Waals surface area contributed by atoms with Gasteiger partial charge in [0, 0.05) is 6.54 Å². The van der Waals surface area contributed by atoms with Crippen molar-refractivity contribution in [1.82, 2.24) is 15.0 Å². The molecule has 0 saturated carbocycles. The molecule has 1 aromatic heterocycles. The highest BCUT2D eigenvalue weighted by molar-refractivity contribution is 5.74. The Morgan fingerprint density at radius 2 is 1.48 bits per heavy atom. The Balaban J connectivity index is 1.71. The van der Waals surface area contributed by atoms with E-state index in [2.05, 4.69) is 64.9 Å². The summed E-state index contributed by atoms with van der Waals surface area (Å²) in [5, 5.41) is 12.8. The minimum atomic E-state index is 0.766. The molecule has 1 heterocycles. The van der Waals surface area contributed by atoms with Gasteiger partial charge in [0.1, 0.15) is 16.7 Å². The van der Waals surface area contributed by atoms with E-state index in [1.165, 1.54) is 11.1 Å². The van der Waals surface area contributed by atoms with Gasteiger partial charge in [-0.2, -0.15) is 0 Å². The molecule has 25 heavy (non-hydrogen) atoms. The molecular formula is C21H20N4. The zero-order valence-corrected chi connectivity index (χ0v) is 14.2. The standard InChI is InChI=1S/C21H20N4/c1-2-16-12-13-21(25-23-18-10-6-7-11-19(18)24-25)20(14-16)22-15-17-8-4-3-5-9-17/h3-14,22H,2,15H2,1H3. The lowest BCUT2D eigenvalue weighted by atomic mass is 10.1. The molecule has 0 aliphatic carbocycles. The molecule has 0 bridgehead atoms. The highest BCUT2D eigenvalue weighted by Crippen LogP contribution is 2.23. The molecule has 4 rings (SSSR count). The van der Waals surface area contributed by atoms with Crippen LogP contribution in [0.1, 0.15) is 18.1 Å². The Bertz CT molecular complexity index is 956. The maximum atomic E-state index is 4.62. The van der Waals surface area contributed by atoms with E-state index in [0.717, 1.165) is 35.4 Å². The van der Waals surface area contributed by atoms with Gasteiger partial charge in [-0.25, -0.2) is 0 Å². The van der Waals surface area contributed by atoms with Crippen molar-refractivity contribution in [2.24, 2.45) is 0 Å². The average Bonchev–Trinajstić information content (AvgIpc) is 3.11. The predicted octanol–water partition coefficient (Wildman–Crippen LogP) is 4.60. The predicted molar refractivity (Wildman–Crippen MR) is 102 cm³/mol. The number of hydrogen-bond acceptors (Lipinski definition) is 3. The lowest BCUT2D eigenvalue weighted by Gasteiger charge is -2.13. The lowest BCUT2D eigenvalue weighted by molar-refractivity contribution is 0.765. The smallest absolute Gasteiger partial charge is 0.113 e. The number of fused-ring (bicyclic) bond motifs is 1. The lowest BCUT2D eigenvalue weighted by Crippen LogP contribution is -2.07. The highest BCUT2D eigenvalue weighted by Gasteiger charge is 2.10. The largest absolute Gasteiger partial charge is 0.379 e. The fraction of sp³-hybridized carbons (Fsp3) is 0.143. The van der Waals surface area contributed by atoms with Crippen LogP contribution < -0.4 is 5.32 Å². The Morgan fingerprint density at radius 1 is 0.800 bits per heavy atom. The number of benzene rings is 3. The average molecular weight is 328 g/mol. The van der Waals surface area contributed by atoms with Gasteiger partial charge >= 0.3 is 0 Å². The highest BCUT2D eigenvalue weighted by atomic mass is 15.5. The van der Waals surface area contributed by atoms with Gasteiger partial charge in [-0.15, -0.1) is 15.0 Å². The van der Waals surface area contributed by atoms with Gasteiger partial charge < -0.3 is 5.32 Å². The first-order chi connectivity index (χ1) is 12.3. The van der Waals surface area contributed by atoms with Crippen molar-refractivity contribution < 1.29 is 0 Å². The van der Waals surface area contributed by atoms with E-state index >= 15 is 0 Å². The third-order valence-electron chi connectivity index (χ3n) is 4.30. The number of aromatic nitrogens is 3. The van der Waals surface area contributed by atoms with Crippen LogP contribution in [0.5, 0.6) is 0 Å². The SMILES string of the molecule is CCc1ccc(-n2nc3ccccc3n2)c(NCc2ccccc2)c1. The number of nitrogens with one attached hydrogen (secondary N) is 1. The Kier molecular flexibility index (Phi) is 4.17. The number of rotatable bonds is 5. The second kappa shape index (κ2) is 6.77. The maximum Gasteiger partial charge on any atom is 0.113 e. The molecule has 124 valence electrons. The van der Waals surface area contributed by atoms with Crippen LogP contribution in [0.15, 0.2) is 72.8 Å². The first kappa shape index (κ1) is 15.4. The summed E-state index contributed by atoms with van der Waals surface area (Å²) in [5.74, 6) is 0. The van der Waals surface area contributed by atoms with Gasteiger partial charge in [-0.3, -0.25) is 0 Å². The molecule has 0 radical (unpaired) electrons. The fourth-order valence-corrected chi connectivity index (χ4v) is 2.88. The first-order valence-corrected chi connectivity index (χ1v) is 8.56. The third kappa shape index (κ3) is 3.24. The normalized spacial score (nSPS) is 10.9. The van der Waals surface area contributed by atoms with Crippen molar-refractivity contribution in [1.29, 1.82) is 0 Å². The van der Waals surface area contributed by atoms with Crippen LogP contribution in [0.3, 0.4) is 0 Å². The monoisotopic (exact) mass is 328 g/mol. The quantitative estimate of drug-likeness (QED) is 0.582. The van der Waals surface area contributed by atoms with E-state index in [4.69, 9.17) is 0 Å². The molecule has 0 saturated heterocycles. The number of nitrogens with zero attached hydrogens (tertiary/aromatic N) is 3. The molecule has 0 spiro atoms. The molecule has 0 amide bonds. The third-order valence-corrected chi connectivity index (χ3v) is 4.30. The minimum Gasteiger partial charge on any atom is -0.379 e. The van der Waals surface area contributed by atoms with Gasteiger partial charge in [0.2, 0.25) is 0 Å². The molecule has 3 aromatic carbocycles. The summed E-state index contributed by atoms with van der Waals surface area (Å²) in [6.07, 6.45) is 0.995. The van der Waals surface area contributed by atoms with Crippen LogP contribution in [0, 0.1) is 0 Å².